The number of nitroso groups, excluding NO2 is 1. The van der Waals surface area contributed by atoms with E-state index in [0.717, 1.165) is 16.6 Å². The number of carbonyl (C=O) groups is 2. The smallest absolute Gasteiger partial charge is 0.318 e. The van der Waals surface area contributed by atoms with Gasteiger partial charge in [0.2, 0.25) is 5.78 Å². The molecule has 0 aliphatic carbocycles. The van der Waals surface area contributed by atoms with Crippen molar-refractivity contribution in [3.63, 3.8) is 0 Å². The fourth-order valence-electron chi connectivity index (χ4n) is 3.00. The Morgan fingerprint density at radius 2 is 1.67 bits per heavy atom. The highest BCUT2D eigenvalue weighted by Gasteiger charge is 2.22. The monoisotopic (exact) mass is 363 g/mol. The maximum absolute atomic E-state index is 12.9. The molecule has 136 valence electrons. The lowest BCUT2D eigenvalue weighted by Crippen LogP contribution is -2.13. The molecule has 0 aliphatic rings. The van der Waals surface area contributed by atoms with Crippen molar-refractivity contribution in [2.45, 2.75) is 20.8 Å². The molecule has 7 heteroatoms. The van der Waals surface area contributed by atoms with E-state index < -0.39 is 5.97 Å². The molecule has 3 rings (SSSR count). The van der Waals surface area contributed by atoms with E-state index in [4.69, 9.17) is 0 Å². The topological polar surface area (TPSA) is 90.1 Å². The van der Waals surface area contributed by atoms with E-state index >= 15 is 0 Å². The van der Waals surface area contributed by atoms with Crippen molar-refractivity contribution in [3.8, 4) is 5.69 Å². The molecule has 0 fully saturated rings. The molecule has 0 radical (unpaired) electrons. The van der Waals surface area contributed by atoms with Crippen LogP contribution in [-0.4, -0.2) is 22.0 Å². The molecule has 1 heterocycles. The van der Waals surface area contributed by atoms with Gasteiger partial charge < -0.3 is 9.40 Å². The second kappa shape index (κ2) is 7.33. The van der Waals surface area contributed by atoms with Gasteiger partial charge in [-0.3, -0.25) is 4.79 Å². The van der Waals surface area contributed by atoms with Crippen molar-refractivity contribution in [1.29, 1.82) is 0 Å². The maximum atomic E-state index is 12.9. The zero-order chi connectivity index (χ0) is 19.6. The minimum atomic E-state index is -0.592. The first-order chi connectivity index (χ1) is 12.9. The van der Waals surface area contributed by atoms with E-state index in [0.29, 0.717) is 16.9 Å². The number of fused-ring (bicyclic) bond motifs is 1. The molecule has 0 spiro atoms. The molecule has 0 N–H and O–H groups in total. The van der Waals surface area contributed by atoms with E-state index in [9.17, 15) is 14.5 Å². The minimum Gasteiger partial charge on any atom is -0.318 e. The van der Waals surface area contributed by atoms with Crippen molar-refractivity contribution in [2.75, 3.05) is 0 Å². The second-order valence-electron chi connectivity index (χ2n) is 6.01. The lowest BCUT2D eigenvalue weighted by atomic mass is 10.0. The van der Waals surface area contributed by atoms with Gasteiger partial charge in [-0.25, -0.2) is 4.79 Å². The van der Waals surface area contributed by atoms with Crippen molar-refractivity contribution >= 4 is 34.1 Å². The summed E-state index contributed by atoms with van der Waals surface area (Å²) in [6.45, 7) is 4.55. The summed E-state index contributed by atoms with van der Waals surface area (Å²) in [5.41, 5.74) is 3.24. The molecule has 7 nitrogen and oxygen atoms in total. The number of benzene rings is 2. The predicted molar refractivity (Wildman–Crippen MR) is 103 cm³/mol. The molecule has 0 saturated carbocycles. The Morgan fingerprint density at radius 3 is 2.30 bits per heavy atom. The second-order valence-corrected chi connectivity index (χ2v) is 6.01. The summed E-state index contributed by atoms with van der Waals surface area (Å²) in [6.07, 6.45) is 0. The van der Waals surface area contributed by atoms with Gasteiger partial charge in [0.05, 0.1) is 11.1 Å². The molecule has 0 atom stereocenters. The Hall–Kier alpha value is -3.61. The Morgan fingerprint density at radius 1 is 1.00 bits per heavy atom. The third-order valence-corrected chi connectivity index (χ3v) is 4.19. The van der Waals surface area contributed by atoms with Gasteiger partial charge in [0.25, 0.3) is 0 Å². The van der Waals surface area contributed by atoms with Gasteiger partial charge in [0, 0.05) is 23.7 Å². The molecule has 0 aliphatic heterocycles. The largest absolute Gasteiger partial charge is 0.331 e. The number of rotatable bonds is 5. The van der Waals surface area contributed by atoms with Gasteiger partial charge in [-0.1, -0.05) is 23.4 Å². The number of nitrogens with zero attached hydrogens (tertiary/aromatic N) is 3. The molecule has 1 aromatic heterocycles. The molecule has 0 unspecified atom stereocenters. The van der Waals surface area contributed by atoms with Gasteiger partial charge in [-0.2, -0.15) is 0 Å². The van der Waals surface area contributed by atoms with E-state index in [1.54, 1.807) is 24.3 Å². The highest BCUT2D eigenvalue weighted by molar-refractivity contribution is 6.47. The summed E-state index contributed by atoms with van der Waals surface area (Å²) in [7, 11) is 0. The first-order valence-electron chi connectivity index (χ1n) is 8.24. The van der Waals surface area contributed by atoms with E-state index in [1.165, 1.54) is 13.8 Å². The summed E-state index contributed by atoms with van der Waals surface area (Å²) < 4.78 is 1.93. The van der Waals surface area contributed by atoms with Crippen molar-refractivity contribution in [1.82, 2.24) is 4.57 Å². The predicted octanol–water partition coefficient (Wildman–Crippen LogP) is 4.46. The zero-order valence-corrected chi connectivity index (χ0v) is 15.1. The number of hydrogen-bond donors (Lipinski definition) is 0. The summed E-state index contributed by atoms with van der Waals surface area (Å²) >= 11 is 0. The fraction of sp³-hybridized carbons (Fsp3) is 0.150. The van der Waals surface area contributed by atoms with Gasteiger partial charge in [0.1, 0.15) is 11.4 Å². The third-order valence-electron chi connectivity index (χ3n) is 4.19. The van der Waals surface area contributed by atoms with Gasteiger partial charge in [-0.15, -0.1) is 4.91 Å². The van der Waals surface area contributed by atoms with Crippen molar-refractivity contribution in [3.05, 3.63) is 64.7 Å². The first kappa shape index (κ1) is 18.2. The van der Waals surface area contributed by atoms with Crippen LogP contribution in [-0.2, 0) is 9.63 Å². The van der Waals surface area contributed by atoms with Crippen LogP contribution in [0.1, 0.15) is 29.9 Å². The zero-order valence-electron chi connectivity index (χ0n) is 15.1. The van der Waals surface area contributed by atoms with Crippen LogP contribution in [0.2, 0.25) is 0 Å². The number of Topliss-reactive ketones (excluding diaryl/α,β-unsaturated/α-hetero) is 1. The number of para-hydroxylation sites is 1. The Labute approximate surface area is 155 Å². The molecular weight excluding hydrogens is 346 g/mol. The number of ketones is 1. The van der Waals surface area contributed by atoms with E-state index in [-0.39, 0.29) is 11.5 Å². The molecule has 0 bridgehead atoms. The highest BCUT2D eigenvalue weighted by atomic mass is 16.7. The number of carbonyl (C=O) groups excluding carboxylic acids is 2. The Kier molecular flexibility index (Phi) is 4.94. The lowest BCUT2D eigenvalue weighted by molar-refractivity contribution is -0.140. The Balaban J connectivity index is 2.19. The number of aromatic nitrogens is 1. The standard InChI is InChI=1S/C20H17N3O4/c1-12(22-27-14(3)24)20(25)19-13(2)23(18-7-5-4-6-17(18)19)16-10-8-15(21-26)9-11-16/h4-11H,1-3H3/b22-12+. The van der Waals surface area contributed by atoms with Crippen LogP contribution in [0.25, 0.3) is 16.6 Å². The highest BCUT2D eigenvalue weighted by Crippen LogP contribution is 2.30. The molecule has 27 heavy (non-hydrogen) atoms. The van der Waals surface area contributed by atoms with Crippen LogP contribution in [0.15, 0.2) is 58.9 Å². The summed E-state index contributed by atoms with van der Waals surface area (Å²) in [6, 6.07) is 14.3. The molecule has 0 amide bonds. The van der Waals surface area contributed by atoms with Crippen LogP contribution in [0.3, 0.4) is 0 Å². The van der Waals surface area contributed by atoms with Crippen LogP contribution in [0.4, 0.5) is 5.69 Å². The van der Waals surface area contributed by atoms with Crippen LogP contribution in [0, 0.1) is 11.8 Å². The fourth-order valence-corrected chi connectivity index (χ4v) is 3.00. The molecule has 0 saturated heterocycles. The van der Waals surface area contributed by atoms with Crippen LogP contribution >= 0.6 is 0 Å². The molecule has 3 aromatic rings. The lowest BCUT2D eigenvalue weighted by Gasteiger charge is -2.09. The van der Waals surface area contributed by atoms with Gasteiger partial charge >= 0.3 is 5.97 Å². The average Bonchev–Trinajstić information content (AvgIpc) is 2.97. The van der Waals surface area contributed by atoms with Gasteiger partial charge in [-0.05, 0) is 49.4 Å². The third kappa shape index (κ3) is 3.39. The number of hydrogen-bond acceptors (Lipinski definition) is 6. The van der Waals surface area contributed by atoms with Crippen molar-refractivity contribution in [2.24, 2.45) is 10.3 Å². The quantitative estimate of drug-likeness (QED) is 0.220. The van der Waals surface area contributed by atoms with Crippen molar-refractivity contribution < 1.29 is 14.4 Å². The van der Waals surface area contributed by atoms with Gasteiger partial charge in [0.15, 0.2) is 0 Å². The molecule has 2 aromatic carbocycles. The van der Waals surface area contributed by atoms with Crippen LogP contribution in [0.5, 0.6) is 0 Å². The Bertz CT molecular complexity index is 1080. The average molecular weight is 363 g/mol. The van der Waals surface area contributed by atoms with Crippen LogP contribution < -0.4 is 0 Å². The maximum Gasteiger partial charge on any atom is 0.331 e. The summed E-state index contributed by atoms with van der Waals surface area (Å²) in [4.78, 5) is 39.2. The van der Waals surface area contributed by atoms with E-state index in [1.807, 2.05) is 35.8 Å². The summed E-state index contributed by atoms with van der Waals surface area (Å²) in [5.74, 6) is -0.917. The number of oxime groups is 1. The molecular formula is C20H17N3O4. The SMILES string of the molecule is CC(=O)O/N=C(\C)C(=O)c1c(C)n(-c2ccc(N=O)cc2)c2ccccc12. The normalized spacial score (nSPS) is 11.4. The summed E-state index contributed by atoms with van der Waals surface area (Å²) in [5, 5.41) is 7.28. The van der Waals surface area contributed by atoms with E-state index in [2.05, 4.69) is 15.2 Å². The minimum absolute atomic E-state index is 0.0803. The first-order valence-corrected chi connectivity index (χ1v) is 8.24.